The van der Waals surface area contributed by atoms with Gasteiger partial charge in [-0.2, -0.15) is 0 Å². The Morgan fingerprint density at radius 2 is 0.610 bits per heavy atom. The topological polar surface area (TPSA) is 30.7 Å². The summed E-state index contributed by atoms with van der Waals surface area (Å²) in [6.07, 6.45) is 0. The summed E-state index contributed by atoms with van der Waals surface area (Å²) in [5.41, 5.74) is 10.2. The number of hydrogen-bond donors (Lipinski definition) is 0. The SMILES string of the molecule is c1ccc(-c2cc(-c3ccccc3)cc(-c3ccc(-n4c(-c5ccccc5)nnc4-c4ccccc4)cc3)c2)cc1. The van der Waals surface area contributed by atoms with Crippen LogP contribution in [0.1, 0.15) is 0 Å². The lowest BCUT2D eigenvalue weighted by atomic mass is 9.93. The van der Waals surface area contributed by atoms with E-state index >= 15 is 0 Å². The first-order valence-corrected chi connectivity index (χ1v) is 13.8. The lowest BCUT2D eigenvalue weighted by Crippen LogP contribution is -2.00. The average molecular weight is 526 g/mol. The molecule has 0 bridgehead atoms. The third-order valence-corrected chi connectivity index (χ3v) is 7.33. The molecular formula is C38H27N3. The molecule has 0 aliphatic heterocycles. The molecule has 194 valence electrons. The van der Waals surface area contributed by atoms with Crippen molar-refractivity contribution in [3.8, 4) is 61.8 Å². The summed E-state index contributed by atoms with van der Waals surface area (Å²) in [7, 11) is 0. The molecule has 0 fully saturated rings. The molecule has 0 N–H and O–H groups in total. The van der Waals surface area contributed by atoms with Crippen molar-refractivity contribution in [3.63, 3.8) is 0 Å². The second-order valence-corrected chi connectivity index (χ2v) is 9.99. The molecule has 0 unspecified atom stereocenters. The van der Waals surface area contributed by atoms with E-state index in [2.05, 4.69) is 142 Å². The van der Waals surface area contributed by atoms with Crippen LogP contribution in [0.5, 0.6) is 0 Å². The molecule has 0 aliphatic rings. The van der Waals surface area contributed by atoms with Gasteiger partial charge in [0.1, 0.15) is 0 Å². The van der Waals surface area contributed by atoms with Crippen molar-refractivity contribution in [1.82, 2.24) is 14.8 Å². The average Bonchev–Trinajstić information content (AvgIpc) is 3.52. The molecule has 3 heteroatoms. The quantitative estimate of drug-likeness (QED) is 0.216. The molecule has 0 aliphatic carbocycles. The second-order valence-electron chi connectivity index (χ2n) is 9.99. The zero-order valence-electron chi connectivity index (χ0n) is 22.4. The van der Waals surface area contributed by atoms with E-state index in [0.717, 1.165) is 34.0 Å². The van der Waals surface area contributed by atoms with Crippen molar-refractivity contribution in [3.05, 3.63) is 164 Å². The molecule has 41 heavy (non-hydrogen) atoms. The molecule has 0 spiro atoms. The van der Waals surface area contributed by atoms with Crippen molar-refractivity contribution in [2.24, 2.45) is 0 Å². The molecule has 1 aromatic heterocycles. The van der Waals surface area contributed by atoms with E-state index in [1.807, 2.05) is 36.4 Å². The molecule has 0 saturated heterocycles. The molecule has 0 amide bonds. The summed E-state index contributed by atoms with van der Waals surface area (Å²) in [4.78, 5) is 0. The Balaban J connectivity index is 1.34. The zero-order valence-corrected chi connectivity index (χ0v) is 22.4. The van der Waals surface area contributed by atoms with Crippen LogP contribution in [0.25, 0.3) is 61.8 Å². The summed E-state index contributed by atoms with van der Waals surface area (Å²) in [5.74, 6) is 1.63. The summed E-state index contributed by atoms with van der Waals surface area (Å²) in [6.45, 7) is 0. The van der Waals surface area contributed by atoms with Crippen molar-refractivity contribution in [1.29, 1.82) is 0 Å². The van der Waals surface area contributed by atoms with E-state index in [4.69, 9.17) is 0 Å². The highest BCUT2D eigenvalue weighted by Crippen LogP contribution is 2.34. The van der Waals surface area contributed by atoms with Crippen molar-refractivity contribution < 1.29 is 0 Å². The Morgan fingerprint density at radius 1 is 0.293 bits per heavy atom. The van der Waals surface area contributed by atoms with Gasteiger partial charge in [0.25, 0.3) is 0 Å². The van der Waals surface area contributed by atoms with E-state index in [9.17, 15) is 0 Å². The first-order chi connectivity index (χ1) is 20.3. The number of rotatable bonds is 6. The van der Waals surface area contributed by atoms with Crippen LogP contribution in [0.3, 0.4) is 0 Å². The van der Waals surface area contributed by atoms with E-state index in [0.29, 0.717) is 0 Å². The number of aromatic nitrogens is 3. The van der Waals surface area contributed by atoms with Crippen LogP contribution in [0.4, 0.5) is 0 Å². The van der Waals surface area contributed by atoms with Crippen LogP contribution in [0.2, 0.25) is 0 Å². The van der Waals surface area contributed by atoms with Gasteiger partial charge in [0.2, 0.25) is 0 Å². The van der Waals surface area contributed by atoms with Gasteiger partial charge in [-0.25, -0.2) is 0 Å². The van der Waals surface area contributed by atoms with Gasteiger partial charge in [-0.1, -0.05) is 133 Å². The second kappa shape index (κ2) is 10.9. The van der Waals surface area contributed by atoms with E-state index in [1.54, 1.807) is 0 Å². The first kappa shape index (κ1) is 24.5. The van der Waals surface area contributed by atoms with Gasteiger partial charge in [-0.15, -0.1) is 10.2 Å². The fraction of sp³-hybridized carbons (Fsp3) is 0. The Bertz CT molecular complexity index is 1780. The molecule has 3 nitrogen and oxygen atoms in total. The highest BCUT2D eigenvalue weighted by Gasteiger charge is 2.17. The van der Waals surface area contributed by atoms with Gasteiger partial charge >= 0.3 is 0 Å². The van der Waals surface area contributed by atoms with Gasteiger partial charge in [-0.3, -0.25) is 4.57 Å². The maximum Gasteiger partial charge on any atom is 0.168 e. The van der Waals surface area contributed by atoms with Crippen LogP contribution >= 0.6 is 0 Å². The summed E-state index contributed by atoms with van der Waals surface area (Å²) < 4.78 is 2.14. The zero-order chi connectivity index (χ0) is 27.4. The van der Waals surface area contributed by atoms with Crippen LogP contribution in [-0.4, -0.2) is 14.8 Å². The lowest BCUT2D eigenvalue weighted by molar-refractivity contribution is 1.07. The minimum Gasteiger partial charge on any atom is -0.275 e. The van der Waals surface area contributed by atoms with Crippen LogP contribution in [-0.2, 0) is 0 Å². The maximum absolute atomic E-state index is 4.62. The van der Waals surface area contributed by atoms with Crippen LogP contribution in [0, 0.1) is 0 Å². The highest BCUT2D eigenvalue weighted by atomic mass is 15.3. The van der Waals surface area contributed by atoms with Crippen molar-refractivity contribution in [2.75, 3.05) is 0 Å². The summed E-state index contributed by atoms with van der Waals surface area (Å²) in [6, 6.07) is 57.1. The van der Waals surface area contributed by atoms with E-state index in [-0.39, 0.29) is 0 Å². The summed E-state index contributed by atoms with van der Waals surface area (Å²) in [5, 5.41) is 9.25. The predicted octanol–water partition coefficient (Wildman–Crippen LogP) is 9.60. The predicted molar refractivity (Wildman–Crippen MR) is 169 cm³/mol. The molecule has 7 rings (SSSR count). The third-order valence-electron chi connectivity index (χ3n) is 7.33. The van der Waals surface area contributed by atoms with Crippen LogP contribution < -0.4 is 0 Å². The highest BCUT2D eigenvalue weighted by molar-refractivity contribution is 5.81. The Hall–Kier alpha value is -5.54. The van der Waals surface area contributed by atoms with Gasteiger partial charge < -0.3 is 0 Å². The number of nitrogens with zero attached hydrogens (tertiary/aromatic N) is 3. The Labute approximate surface area is 240 Å². The molecule has 7 aromatic rings. The Kier molecular flexibility index (Phi) is 6.52. The van der Waals surface area contributed by atoms with Gasteiger partial charge in [-0.05, 0) is 63.7 Å². The molecule has 6 aromatic carbocycles. The largest absolute Gasteiger partial charge is 0.275 e. The fourth-order valence-corrected chi connectivity index (χ4v) is 5.27. The van der Waals surface area contributed by atoms with Gasteiger partial charge in [0.05, 0.1) is 0 Å². The molecule has 0 atom stereocenters. The summed E-state index contributed by atoms with van der Waals surface area (Å²) >= 11 is 0. The minimum atomic E-state index is 0.814. The maximum atomic E-state index is 4.62. The Morgan fingerprint density at radius 3 is 0.976 bits per heavy atom. The van der Waals surface area contributed by atoms with Crippen molar-refractivity contribution in [2.45, 2.75) is 0 Å². The smallest absolute Gasteiger partial charge is 0.168 e. The van der Waals surface area contributed by atoms with Gasteiger partial charge in [0.15, 0.2) is 11.6 Å². The first-order valence-electron chi connectivity index (χ1n) is 13.8. The van der Waals surface area contributed by atoms with E-state index in [1.165, 1.54) is 27.8 Å². The molecular weight excluding hydrogens is 498 g/mol. The molecule has 0 saturated carbocycles. The molecule has 0 radical (unpaired) electrons. The monoisotopic (exact) mass is 525 g/mol. The normalized spacial score (nSPS) is 10.9. The van der Waals surface area contributed by atoms with Gasteiger partial charge in [0, 0.05) is 16.8 Å². The minimum absolute atomic E-state index is 0.814. The van der Waals surface area contributed by atoms with Crippen molar-refractivity contribution >= 4 is 0 Å². The standard InChI is InChI=1S/C38H27N3/c1-5-13-28(14-6-1)33-25-34(29-15-7-2-8-16-29)27-35(26-33)30-21-23-36(24-22-30)41-37(31-17-9-3-10-18-31)39-40-38(41)32-19-11-4-12-20-32/h1-27H. The number of benzene rings is 6. The number of hydrogen-bond acceptors (Lipinski definition) is 2. The lowest BCUT2D eigenvalue weighted by Gasteiger charge is -2.14. The third kappa shape index (κ3) is 4.97. The van der Waals surface area contributed by atoms with Crippen LogP contribution in [0.15, 0.2) is 164 Å². The molecule has 1 heterocycles. The van der Waals surface area contributed by atoms with E-state index < -0.39 is 0 Å². The fourth-order valence-electron chi connectivity index (χ4n) is 5.27.